The fourth-order valence-corrected chi connectivity index (χ4v) is 4.26. The van der Waals surface area contributed by atoms with Crippen molar-refractivity contribution < 1.29 is 31.8 Å². The number of sulfone groups is 1. The number of ether oxygens (including phenoxy) is 3. The number of nitrogen functional groups attached to an aromatic ring is 1. The van der Waals surface area contributed by atoms with Gasteiger partial charge in [0.05, 0.1) is 36.0 Å². The van der Waals surface area contributed by atoms with Crippen molar-refractivity contribution in [3.8, 4) is 11.5 Å². The highest BCUT2D eigenvalue weighted by molar-refractivity contribution is 7.92. The number of methoxy groups -OCH3 is 2. The molecule has 34 heavy (non-hydrogen) atoms. The molecule has 0 spiro atoms. The van der Waals surface area contributed by atoms with Crippen LogP contribution in [0.1, 0.15) is 41.5 Å². The summed E-state index contributed by atoms with van der Waals surface area (Å²) >= 11 is 0. The summed E-state index contributed by atoms with van der Waals surface area (Å²) in [5.74, 6) is -0.880. The molecule has 9 nitrogen and oxygen atoms in total. The molecule has 0 bridgehead atoms. The highest BCUT2D eigenvalue weighted by atomic mass is 32.2. The van der Waals surface area contributed by atoms with Crippen LogP contribution in [0.4, 0.5) is 31.9 Å². The molecule has 0 aromatic heterocycles. The van der Waals surface area contributed by atoms with Crippen molar-refractivity contribution in [3.05, 3.63) is 30.1 Å². The minimum absolute atomic E-state index is 0.00821. The Morgan fingerprint density at radius 2 is 1.59 bits per heavy atom. The van der Waals surface area contributed by atoms with Gasteiger partial charge in [-0.1, -0.05) is 0 Å². The van der Waals surface area contributed by atoms with Crippen LogP contribution >= 0.6 is 0 Å². The summed E-state index contributed by atoms with van der Waals surface area (Å²) in [6.07, 6.45) is -0.801. The average Bonchev–Trinajstić information content (AvgIpc) is 2.66. The molecule has 2 aromatic carbocycles. The Balaban J connectivity index is 2.54. The van der Waals surface area contributed by atoms with E-state index in [1.165, 1.54) is 32.4 Å². The van der Waals surface area contributed by atoms with Crippen molar-refractivity contribution in [1.29, 1.82) is 0 Å². The molecule has 0 radical (unpaired) electrons. The van der Waals surface area contributed by atoms with E-state index in [1.54, 1.807) is 41.5 Å². The standard InChI is InChI=1S/C23H32FN3O6S/c1-22(2,3)33-21(28)27-17-10-13(9-14(24)20(17)32-8)26-16-12-19(18(31-7)11-15(16)25)34(29,30)23(4,5)6/h9-12,26H,25H2,1-8H3,(H,27,28). The van der Waals surface area contributed by atoms with Crippen molar-refractivity contribution in [2.45, 2.75) is 56.8 Å². The minimum atomic E-state index is -3.80. The molecule has 4 N–H and O–H groups in total. The molecular weight excluding hydrogens is 465 g/mol. The second-order valence-corrected chi connectivity index (χ2v) is 12.2. The Hall–Kier alpha value is -3.21. The molecule has 0 atom stereocenters. The van der Waals surface area contributed by atoms with E-state index in [2.05, 4.69) is 10.6 Å². The van der Waals surface area contributed by atoms with Crippen LogP contribution < -0.4 is 25.8 Å². The lowest BCUT2D eigenvalue weighted by Gasteiger charge is -2.23. The van der Waals surface area contributed by atoms with Crippen LogP contribution in [0, 0.1) is 5.82 Å². The van der Waals surface area contributed by atoms with Gasteiger partial charge in [0, 0.05) is 17.8 Å². The van der Waals surface area contributed by atoms with Gasteiger partial charge >= 0.3 is 6.09 Å². The van der Waals surface area contributed by atoms with E-state index >= 15 is 0 Å². The fourth-order valence-electron chi connectivity index (χ4n) is 2.92. The van der Waals surface area contributed by atoms with E-state index in [0.717, 1.165) is 6.07 Å². The molecule has 0 fully saturated rings. The van der Waals surface area contributed by atoms with Crippen LogP contribution in [0.5, 0.6) is 11.5 Å². The van der Waals surface area contributed by atoms with E-state index < -0.39 is 32.1 Å². The number of amides is 1. The zero-order valence-electron chi connectivity index (χ0n) is 20.6. The molecule has 0 aliphatic carbocycles. The van der Waals surface area contributed by atoms with Gasteiger partial charge in [-0.3, -0.25) is 5.32 Å². The third-order valence-electron chi connectivity index (χ3n) is 4.59. The number of hydrogen-bond acceptors (Lipinski definition) is 8. The summed E-state index contributed by atoms with van der Waals surface area (Å²) < 4.78 is 55.3. The molecule has 0 aliphatic rings. The van der Waals surface area contributed by atoms with Gasteiger partial charge in [-0.05, 0) is 53.7 Å². The predicted molar refractivity (Wildman–Crippen MR) is 130 cm³/mol. The average molecular weight is 498 g/mol. The van der Waals surface area contributed by atoms with Gasteiger partial charge in [0.15, 0.2) is 21.4 Å². The minimum Gasteiger partial charge on any atom is -0.495 e. The highest BCUT2D eigenvalue weighted by Gasteiger charge is 2.34. The van der Waals surface area contributed by atoms with Crippen molar-refractivity contribution in [2.24, 2.45) is 0 Å². The van der Waals surface area contributed by atoms with Crippen LogP contribution in [0.25, 0.3) is 0 Å². The Labute approximate surface area is 199 Å². The topological polar surface area (TPSA) is 129 Å². The molecule has 1 amide bonds. The maximum atomic E-state index is 14.7. The van der Waals surface area contributed by atoms with E-state index in [9.17, 15) is 17.6 Å². The summed E-state index contributed by atoms with van der Waals surface area (Å²) in [4.78, 5) is 12.1. The predicted octanol–water partition coefficient (Wildman–Crippen LogP) is 5.09. The number of nitrogens with one attached hydrogen (secondary N) is 2. The first-order valence-corrected chi connectivity index (χ1v) is 11.8. The first-order valence-electron chi connectivity index (χ1n) is 10.4. The van der Waals surface area contributed by atoms with E-state index in [-0.39, 0.29) is 39.1 Å². The molecule has 2 aromatic rings. The number of carbonyl (C=O) groups is 1. The summed E-state index contributed by atoms with van der Waals surface area (Å²) in [5, 5.41) is 5.37. The zero-order valence-corrected chi connectivity index (χ0v) is 21.4. The smallest absolute Gasteiger partial charge is 0.412 e. The summed E-state index contributed by atoms with van der Waals surface area (Å²) in [6.45, 7) is 9.78. The number of hydrogen-bond donors (Lipinski definition) is 3. The fraction of sp³-hybridized carbons (Fsp3) is 0.435. The highest BCUT2D eigenvalue weighted by Crippen LogP contribution is 2.39. The number of benzene rings is 2. The first kappa shape index (κ1) is 27.0. The lowest BCUT2D eigenvalue weighted by molar-refractivity contribution is 0.0635. The quantitative estimate of drug-likeness (QED) is 0.471. The number of rotatable bonds is 6. The Morgan fingerprint density at radius 3 is 2.09 bits per heavy atom. The number of nitrogens with two attached hydrogens (primary N) is 1. The molecule has 188 valence electrons. The number of carbonyl (C=O) groups excluding carboxylic acids is 1. The van der Waals surface area contributed by atoms with Gasteiger partial charge in [-0.2, -0.15) is 0 Å². The van der Waals surface area contributed by atoms with Crippen molar-refractivity contribution in [1.82, 2.24) is 0 Å². The van der Waals surface area contributed by atoms with Gasteiger partial charge < -0.3 is 25.3 Å². The Morgan fingerprint density at radius 1 is 0.971 bits per heavy atom. The maximum Gasteiger partial charge on any atom is 0.412 e. The molecule has 0 heterocycles. The summed E-state index contributed by atoms with van der Waals surface area (Å²) in [5.41, 5.74) is 5.90. The molecular formula is C23H32FN3O6S. The molecule has 0 saturated heterocycles. The van der Waals surface area contributed by atoms with Crippen molar-refractivity contribution >= 4 is 38.7 Å². The van der Waals surface area contributed by atoms with Crippen LogP contribution in [-0.2, 0) is 14.6 Å². The third-order valence-corrected chi connectivity index (χ3v) is 7.10. The van der Waals surface area contributed by atoms with Gasteiger partial charge in [-0.15, -0.1) is 0 Å². The van der Waals surface area contributed by atoms with E-state index in [0.29, 0.717) is 0 Å². The number of anilines is 4. The largest absolute Gasteiger partial charge is 0.495 e. The summed E-state index contributed by atoms with van der Waals surface area (Å²) in [6, 6.07) is 5.24. The van der Waals surface area contributed by atoms with Gasteiger partial charge in [-0.25, -0.2) is 17.6 Å². The molecule has 0 unspecified atom stereocenters. The Kier molecular flexibility index (Phi) is 7.61. The van der Waals surface area contributed by atoms with Crippen LogP contribution in [0.3, 0.4) is 0 Å². The lowest BCUT2D eigenvalue weighted by Crippen LogP contribution is -2.28. The normalized spacial score (nSPS) is 12.1. The van der Waals surface area contributed by atoms with Gasteiger partial charge in [0.1, 0.15) is 16.2 Å². The molecule has 11 heteroatoms. The second kappa shape index (κ2) is 9.57. The lowest BCUT2D eigenvalue weighted by atomic mass is 10.2. The van der Waals surface area contributed by atoms with Gasteiger partial charge in [0.25, 0.3) is 0 Å². The van der Waals surface area contributed by atoms with Crippen LogP contribution in [0.2, 0.25) is 0 Å². The van der Waals surface area contributed by atoms with Gasteiger partial charge in [0.2, 0.25) is 0 Å². The number of halogens is 1. The van der Waals surface area contributed by atoms with E-state index in [4.69, 9.17) is 19.9 Å². The second-order valence-electron chi connectivity index (χ2n) is 9.50. The molecule has 0 saturated carbocycles. The monoisotopic (exact) mass is 497 g/mol. The summed E-state index contributed by atoms with van der Waals surface area (Å²) in [7, 11) is -1.19. The first-order chi connectivity index (χ1) is 15.5. The van der Waals surface area contributed by atoms with Crippen molar-refractivity contribution in [3.63, 3.8) is 0 Å². The van der Waals surface area contributed by atoms with E-state index in [1.807, 2.05) is 0 Å². The molecule has 2 rings (SSSR count). The molecule has 0 aliphatic heterocycles. The van der Waals surface area contributed by atoms with Crippen molar-refractivity contribution in [2.75, 3.05) is 30.6 Å². The Bertz CT molecular complexity index is 1180. The third kappa shape index (κ3) is 6.02. The van der Waals surface area contributed by atoms with Crippen LogP contribution in [0.15, 0.2) is 29.2 Å². The van der Waals surface area contributed by atoms with Crippen LogP contribution in [-0.4, -0.2) is 39.1 Å². The maximum absolute atomic E-state index is 14.7. The zero-order chi connectivity index (χ0) is 26.1. The SMILES string of the molecule is COc1cc(N)c(Nc2cc(F)c(OC)c(NC(=O)OC(C)(C)C)c2)cc1S(=O)(=O)C(C)(C)C.